The lowest BCUT2D eigenvalue weighted by Crippen LogP contribution is -2.40. The van der Waals surface area contributed by atoms with Gasteiger partial charge in [-0.2, -0.15) is 0 Å². The van der Waals surface area contributed by atoms with Crippen LogP contribution in [0.3, 0.4) is 0 Å². The lowest BCUT2D eigenvalue weighted by Gasteiger charge is -2.27. The Labute approximate surface area is 139 Å². The monoisotopic (exact) mass is 380 g/mol. The Bertz CT molecular complexity index is 706. The topological polar surface area (TPSA) is 98.5 Å². The minimum absolute atomic E-state index is 0.0165. The van der Waals surface area contributed by atoms with Crippen LogP contribution in [0.5, 0.6) is 0 Å². The summed E-state index contributed by atoms with van der Waals surface area (Å²) in [7, 11) is 0. The highest BCUT2D eigenvalue weighted by molar-refractivity contribution is 9.09. The van der Waals surface area contributed by atoms with Crippen molar-refractivity contribution < 1.29 is 19.2 Å². The first-order valence-corrected chi connectivity index (χ1v) is 8.29. The Balaban J connectivity index is 1.53. The molecule has 2 bridgehead atoms. The van der Waals surface area contributed by atoms with Gasteiger partial charge in [0.2, 0.25) is 5.91 Å². The van der Waals surface area contributed by atoms with Gasteiger partial charge in [-0.1, -0.05) is 15.9 Å². The van der Waals surface area contributed by atoms with Gasteiger partial charge in [0, 0.05) is 23.7 Å². The second-order valence-corrected chi connectivity index (χ2v) is 7.31. The van der Waals surface area contributed by atoms with Gasteiger partial charge in [0.1, 0.15) is 6.10 Å². The summed E-state index contributed by atoms with van der Waals surface area (Å²) in [6, 6.07) is 5.66. The van der Waals surface area contributed by atoms with Crippen molar-refractivity contribution in [1.29, 1.82) is 0 Å². The number of nitrogens with one attached hydrogen (secondary N) is 1. The van der Waals surface area contributed by atoms with E-state index in [2.05, 4.69) is 21.2 Å². The predicted molar refractivity (Wildman–Crippen MR) is 82.9 cm³/mol. The molecule has 1 aromatic rings. The van der Waals surface area contributed by atoms with E-state index in [1.807, 2.05) is 0 Å². The van der Waals surface area contributed by atoms with E-state index >= 15 is 0 Å². The zero-order valence-corrected chi connectivity index (χ0v) is 13.4. The van der Waals surface area contributed by atoms with Crippen molar-refractivity contribution in [2.45, 2.75) is 17.4 Å². The maximum absolute atomic E-state index is 12.6. The smallest absolute Gasteiger partial charge is 0.310 e. The summed E-state index contributed by atoms with van der Waals surface area (Å²) in [5.74, 6) is -1.09. The van der Waals surface area contributed by atoms with Crippen LogP contribution in [0.15, 0.2) is 24.3 Å². The molecule has 1 aliphatic heterocycles. The Morgan fingerprint density at radius 3 is 2.65 bits per heavy atom. The second-order valence-electron chi connectivity index (χ2n) is 6.25. The number of amides is 1. The van der Waals surface area contributed by atoms with E-state index in [-0.39, 0.29) is 46.2 Å². The molecule has 3 fully saturated rings. The van der Waals surface area contributed by atoms with Crippen molar-refractivity contribution in [2.24, 2.45) is 23.7 Å². The number of non-ortho nitro benzene ring substituents is 1. The highest BCUT2D eigenvalue weighted by Gasteiger charge is 2.67. The molecule has 1 N–H and O–H groups in total. The Kier molecular flexibility index (Phi) is 3.19. The maximum Gasteiger partial charge on any atom is 0.310 e. The van der Waals surface area contributed by atoms with Gasteiger partial charge in [0.15, 0.2) is 0 Å². The molecule has 0 unspecified atom stereocenters. The number of fused-ring (bicyclic) bond motifs is 1. The first-order chi connectivity index (χ1) is 11.0. The molecule has 1 amide bonds. The summed E-state index contributed by atoms with van der Waals surface area (Å²) in [6.07, 6.45) is 0.705. The Morgan fingerprint density at radius 1 is 1.30 bits per heavy atom. The van der Waals surface area contributed by atoms with E-state index in [1.54, 1.807) is 0 Å². The van der Waals surface area contributed by atoms with Gasteiger partial charge >= 0.3 is 5.97 Å². The number of esters is 1. The number of nitro groups is 1. The third-order valence-corrected chi connectivity index (χ3v) is 6.37. The van der Waals surface area contributed by atoms with Crippen molar-refractivity contribution in [1.82, 2.24) is 0 Å². The average molecular weight is 381 g/mol. The number of carbonyl (C=O) groups excluding carboxylic acids is 2. The van der Waals surface area contributed by atoms with Crippen LogP contribution in [-0.4, -0.2) is 27.7 Å². The lowest BCUT2D eigenvalue weighted by atomic mass is 9.79. The molecule has 1 saturated heterocycles. The number of benzene rings is 1. The number of carbonyl (C=O) groups is 2. The first kappa shape index (κ1) is 14.6. The Hall–Kier alpha value is -1.96. The van der Waals surface area contributed by atoms with Gasteiger partial charge in [0.05, 0.1) is 21.6 Å². The molecule has 0 aromatic heterocycles. The van der Waals surface area contributed by atoms with Crippen LogP contribution >= 0.6 is 15.9 Å². The van der Waals surface area contributed by atoms with Crippen molar-refractivity contribution >= 4 is 39.2 Å². The number of nitrogens with zero attached hydrogens (tertiary/aromatic N) is 1. The van der Waals surface area contributed by atoms with Crippen LogP contribution in [-0.2, 0) is 14.3 Å². The number of rotatable bonds is 3. The number of hydrogen-bond acceptors (Lipinski definition) is 5. The number of hydrogen-bond donors (Lipinski definition) is 1. The summed E-state index contributed by atoms with van der Waals surface area (Å²) >= 11 is 3.56. The van der Waals surface area contributed by atoms with Gasteiger partial charge in [-0.15, -0.1) is 0 Å². The summed E-state index contributed by atoms with van der Waals surface area (Å²) in [6.45, 7) is 0. The van der Waals surface area contributed by atoms with Gasteiger partial charge in [0.25, 0.3) is 5.69 Å². The molecule has 1 heterocycles. The molecule has 23 heavy (non-hydrogen) atoms. The molecular weight excluding hydrogens is 368 g/mol. The molecule has 2 aliphatic carbocycles. The first-order valence-electron chi connectivity index (χ1n) is 7.37. The molecule has 6 atom stereocenters. The van der Waals surface area contributed by atoms with Crippen LogP contribution in [0.1, 0.15) is 6.42 Å². The van der Waals surface area contributed by atoms with E-state index in [0.29, 0.717) is 5.69 Å². The standard InChI is InChI=1S/C15H13BrN2O5/c16-12-8-5-9-11(15(20)23-13(9)12)10(8)14(19)17-6-1-3-7(4-2-6)18(21)22/h1-4,8-13H,5H2,(H,17,19)/t8-,9-,10-,11+,12-,13+/m1/s1. The van der Waals surface area contributed by atoms with Gasteiger partial charge in [-0.25, -0.2) is 0 Å². The molecule has 4 rings (SSSR count). The molecule has 3 aliphatic rings. The van der Waals surface area contributed by atoms with Crippen LogP contribution in [0.4, 0.5) is 11.4 Å². The molecule has 120 valence electrons. The van der Waals surface area contributed by atoms with Crippen LogP contribution in [0.25, 0.3) is 0 Å². The number of halogens is 1. The highest BCUT2D eigenvalue weighted by Crippen LogP contribution is 2.60. The normalized spacial score (nSPS) is 36.8. The van der Waals surface area contributed by atoms with Crippen molar-refractivity contribution in [3.05, 3.63) is 34.4 Å². The van der Waals surface area contributed by atoms with Crippen molar-refractivity contribution in [3.63, 3.8) is 0 Å². The SMILES string of the molecule is O=C(Nc1ccc([N+](=O)[O-])cc1)[C@@H]1[C@H]2C[C@H]3[C@H](OC(=O)[C@@H]31)[C@@H]2Br. The van der Waals surface area contributed by atoms with Gasteiger partial charge in [-0.3, -0.25) is 19.7 Å². The van der Waals surface area contributed by atoms with E-state index in [0.717, 1.165) is 6.42 Å². The molecular formula is C15H13BrN2O5. The fourth-order valence-electron chi connectivity index (χ4n) is 4.22. The maximum atomic E-state index is 12.6. The van der Waals surface area contributed by atoms with Crippen LogP contribution < -0.4 is 5.32 Å². The predicted octanol–water partition coefficient (Wildman–Crippen LogP) is 2.10. The summed E-state index contributed by atoms with van der Waals surface area (Å²) in [5, 5.41) is 13.4. The van der Waals surface area contributed by atoms with E-state index in [9.17, 15) is 19.7 Å². The number of ether oxygens (including phenoxy) is 1. The fourth-order valence-corrected chi connectivity index (χ4v) is 5.27. The molecule has 8 heteroatoms. The van der Waals surface area contributed by atoms with E-state index in [1.165, 1.54) is 24.3 Å². The quantitative estimate of drug-likeness (QED) is 0.374. The second kappa shape index (κ2) is 5.02. The molecule has 2 saturated carbocycles. The third-order valence-electron chi connectivity index (χ3n) is 5.17. The molecule has 7 nitrogen and oxygen atoms in total. The highest BCUT2D eigenvalue weighted by atomic mass is 79.9. The van der Waals surface area contributed by atoms with Crippen molar-refractivity contribution in [2.75, 3.05) is 5.32 Å². The van der Waals surface area contributed by atoms with E-state index in [4.69, 9.17) is 4.74 Å². The zero-order chi connectivity index (χ0) is 16.3. The summed E-state index contributed by atoms with van der Waals surface area (Å²) < 4.78 is 5.38. The van der Waals surface area contributed by atoms with Crippen molar-refractivity contribution in [3.8, 4) is 0 Å². The minimum Gasteiger partial charge on any atom is -0.461 e. The third kappa shape index (κ3) is 2.08. The van der Waals surface area contributed by atoms with Gasteiger partial charge < -0.3 is 10.1 Å². The summed E-state index contributed by atoms with van der Waals surface area (Å²) in [4.78, 5) is 34.8. The number of nitro benzene ring substituents is 1. The molecule has 1 aromatic carbocycles. The number of anilines is 1. The minimum atomic E-state index is -0.494. The molecule has 0 radical (unpaired) electrons. The Morgan fingerprint density at radius 2 is 2.00 bits per heavy atom. The van der Waals surface area contributed by atoms with Gasteiger partial charge in [-0.05, 0) is 24.5 Å². The van der Waals surface area contributed by atoms with Crippen LogP contribution in [0, 0.1) is 33.8 Å². The average Bonchev–Trinajstić information content (AvgIpc) is 3.12. The summed E-state index contributed by atoms with van der Waals surface area (Å²) in [5.41, 5.74) is 0.447. The lowest BCUT2D eigenvalue weighted by molar-refractivity contribution is -0.384. The largest absolute Gasteiger partial charge is 0.461 e. The van der Waals surface area contributed by atoms with E-state index < -0.39 is 10.8 Å². The number of alkyl halides is 1. The fraction of sp³-hybridized carbons (Fsp3) is 0.467. The van der Waals surface area contributed by atoms with Crippen LogP contribution in [0.2, 0.25) is 0 Å². The molecule has 0 spiro atoms. The zero-order valence-electron chi connectivity index (χ0n) is 11.8.